The molecule has 0 saturated carbocycles. The molecule has 2 aromatic carbocycles. The highest BCUT2D eigenvalue weighted by Gasteiger charge is 2.16. The van der Waals surface area contributed by atoms with Crippen molar-refractivity contribution < 1.29 is 23.5 Å². The van der Waals surface area contributed by atoms with Crippen LogP contribution in [0.1, 0.15) is 21.5 Å². The summed E-state index contributed by atoms with van der Waals surface area (Å²) in [5, 5.41) is 4.51. The highest BCUT2D eigenvalue weighted by molar-refractivity contribution is 6.01. The SMILES string of the molecule is COc1cc2nccc(Oc3ccc(CC(=O)Cc4cnn(C)c4)cc3F)c2cc1C(N)=O. The number of aromatic nitrogens is 3. The molecule has 0 unspecified atom stereocenters. The van der Waals surface area contributed by atoms with Gasteiger partial charge in [-0.25, -0.2) is 4.39 Å². The van der Waals surface area contributed by atoms with Gasteiger partial charge in [-0.3, -0.25) is 19.3 Å². The Kier molecular flexibility index (Phi) is 6.03. The van der Waals surface area contributed by atoms with E-state index in [4.69, 9.17) is 15.2 Å². The quantitative estimate of drug-likeness (QED) is 0.443. The molecule has 2 heterocycles. The molecule has 2 N–H and O–H groups in total. The lowest BCUT2D eigenvalue weighted by atomic mass is 10.0. The first-order chi connectivity index (χ1) is 15.8. The second kappa shape index (κ2) is 9.07. The summed E-state index contributed by atoms with van der Waals surface area (Å²) in [6.07, 6.45) is 5.22. The van der Waals surface area contributed by atoms with Crippen molar-refractivity contribution in [2.45, 2.75) is 12.8 Å². The molecular formula is C24H21FN4O4. The summed E-state index contributed by atoms with van der Waals surface area (Å²) >= 11 is 0. The molecule has 9 heteroatoms. The lowest BCUT2D eigenvalue weighted by molar-refractivity contribution is -0.117. The smallest absolute Gasteiger partial charge is 0.252 e. The van der Waals surface area contributed by atoms with Crippen LogP contribution < -0.4 is 15.2 Å². The first-order valence-corrected chi connectivity index (χ1v) is 10.1. The van der Waals surface area contributed by atoms with Gasteiger partial charge in [-0.05, 0) is 35.4 Å². The van der Waals surface area contributed by atoms with Crippen LogP contribution in [0.15, 0.2) is 55.0 Å². The van der Waals surface area contributed by atoms with Crippen molar-refractivity contribution in [2.24, 2.45) is 12.8 Å². The van der Waals surface area contributed by atoms with E-state index in [-0.39, 0.29) is 35.7 Å². The fourth-order valence-corrected chi connectivity index (χ4v) is 3.54. The third kappa shape index (κ3) is 4.82. The average molecular weight is 448 g/mol. The Hall–Kier alpha value is -4.27. The van der Waals surface area contributed by atoms with Crippen LogP contribution in [0.25, 0.3) is 10.9 Å². The zero-order chi connectivity index (χ0) is 23.5. The number of halogens is 1. The molecule has 8 nitrogen and oxygen atoms in total. The van der Waals surface area contributed by atoms with E-state index in [9.17, 15) is 14.0 Å². The number of hydrogen-bond donors (Lipinski definition) is 1. The number of carbonyl (C=O) groups is 2. The number of methoxy groups -OCH3 is 1. The Bertz CT molecular complexity index is 1370. The van der Waals surface area contributed by atoms with Crippen LogP contribution >= 0.6 is 0 Å². The lowest BCUT2D eigenvalue weighted by Gasteiger charge is -2.12. The topological polar surface area (TPSA) is 109 Å². The normalized spacial score (nSPS) is 10.9. The number of pyridine rings is 1. The van der Waals surface area contributed by atoms with Gasteiger partial charge in [0.1, 0.15) is 17.3 Å². The van der Waals surface area contributed by atoms with Gasteiger partial charge < -0.3 is 15.2 Å². The van der Waals surface area contributed by atoms with Crippen LogP contribution in [0.2, 0.25) is 0 Å². The van der Waals surface area contributed by atoms with Gasteiger partial charge in [-0.1, -0.05) is 6.07 Å². The fraction of sp³-hybridized carbons (Fsp3) is 0.167. The monoisotopic (exact) mass is 448 g/mol. The number of carbonyl (C=O) groups excluding carboxylic acids is 2. The number of primary amides is 1. The van der Waals surface area contributed by atoms with Crippen molar-refractivity contribution in [3.8, 4) is 17.2 Å². The largest absolute Gasteiger partial charge is 0.496 e. The average Bonchev–Trinajstić information content (AvgIpc) is 3.18. The van der Waals surface area contributed by atoms with Gasteiger partial charge in [-0.2, -0.15) is 5.10 Å². The van der Waals surface area contributed by atoms with E-state index in [1.165, 1.54) is 31.5 Å². The fourth-order valence-electron chi connectivity index (χ4n) is 3.54. The van der Waals surface area contributed by atoms with Crippen LogP contribution in [0.5, 0.6) is 17.2 Å². The number of hydrogen-bond acceptors (Lipinski definition) is 6. The maximum absolute atomic E-state index is 14.8. The maximum Gasteiger partial charge on any atom is 0.252 e. The molecule has 2 aromatic heterocycles. The first kappa shape index (κ1) is 21.9. The number of nitrogens with zero attached hydrogens (tertiary/aromatic N) is 3. The summed E-state index contributed by atoms with van der Waals surface area (Å²) in [4.78, 5) is 28.3. The van der Waals surface area contributed by atoms with Gasteiger partial charge in [0.2, 0.25) is 0 Å². The molecule has 0 fully saturated rings. The molecule has 1 amide bonds. The lowest BCUT2D eigenvalue weighted by Crippen LogP contribution is -2.12. The first-order valence-electron chi connectivity index (χ1n) is 10.1. The molecule has 0 aliphatic rings. The Morgan fingerprint density at radius 1 is 1.06 bits per heavy atom. The van der Waals surface area contributed by atoms with E-state index < -0.39 is 11.7 Å². The van der Waals surface area contributed by atoms with Crippen LogP contribution in [-0.4, -0.2) is 33.6 Å². The number of ketones is 1. The number of fused-ring (bicyclic) bond motifs is 1. The van der Waals surface area contributed by atoms with E-state index in [1.54, 1.807) is 42.3 Å². The number of rotatable bonds is 8. The predicted octanol–water partition coefficient (Wildman–Crippen LogP) is 3.36. The summed E-state index contributed by atoms with van der Waals surface area (Å²) in [5.74, 6) is -0.785. The minimum Gasteiger partial charge on any atom is -0.496 e. The molecule has 33 heavy (non-hydrogen) atoms. The molecule has 0 aliphatic heterocycles. The van der Waals surface area contributed by atoms with Crippen LogP contribution in [-0.2, 0) is 24.7 Å². The number of aryl methyl sites for hydroxylation is 1. The Labute approximate surface area is 188 Å². The second-order valence-electron chi connectivity index (χ2n) is 7.52. The van der Waals surface area contributed by atoms with Crippen LogP contribution in [0, 0.1) is 5.82 Å². The van der Waals surface area contributed by atoms with E-state index in [0.717, 1.165) is 5.56 Å². The summed E-state index contributed by atoms with van der Waals surface area (Å²) < 4.78 is 27.4. The molecule has 0 saturated heterocycles. The standard InChI is InChI=1S/C24H21FN4O4/c1-29-13-15(12-28-29)8-16(30)7-14-3-4-22(19(25)9-14)33-21-5-6-27-20-11-23(32-2)18(24(26)31)10-17(20)21/h3-6,9-13H,7-8H2,1-2H3,(H2,26,31). The summed E-state index contributed by atoms with van der Waals surface area (Å²) in [5.41, 5.74) is 7.43. The molecule has 0 atom stereocenters. The predicted molar refractivity (Wildman–Crippen MR) is 119 cm³/mol. The van der Waals surface area contributed by atoms with Gasteiger partial charge in [-0.15, -0.1) is 0 Å². The highest BCUT2D eigenvalue weighted by atomic mass is 19.1. The second-order valence-corrected chi connectivity index (χ2v) is 7.52. The van der Waals surface area contributed by atoms with Gasteiger partial charge in [0, 0.05) is 43.7 Å². The van der Waals surface area contributed by atoms with Gasteiger partial charge in [0.05, 0.1) is 24.4 Å². The maximum atomic E-state index is 14.8. The number of ether oxygens (including phenoxy) is 2. The van der Waals surface area contributed by atoms with E-state index in [1.807, 2.05) is 0 Å². The molecule has 0 spiro atoms. The number of Topliss-reactive ketones (excluding diaryl/α,β-unsaturated/α-hetero) is 1. The Balaban J connectivity index is 1.56. The van der Waals surface area contributed by atoms with Gasteiger partial charge in [0.25, 0.3) is 5.91 Å². The molecule has 4 aromatic rings. The number of benzene rings is 2. The van der Waals surface area contributed by atoms with Crippen molar-refractivity contribution in [2.75, 3.05) is 7.11 Å². The van der Waals surface area contributed by atoms with Gasteiger partial charge >= 0.3 is 0 Å². The zero-order valence-electron chi connectivity index (χ0n) is 18.0. The van der Waals surface area contributed by atoms with Gasteiger partial charge in [0.15, 0.2) is 11.6 Å². The third-order valence-electron chi connectivity index (χ3n) is 5.07. The molecule has 168 valence electrons. The third-order valence-corrected chi connectivity index (χ3v) is 5.07. The van der Waals surface area contributed by atoms with Crippen molar-refractivity contribution in [3.05, 3.63) is 77.5 Å². The van der Waals surface area contributed by atoms with Crippen molar-refractivity contribution in [1.29, 1.82) is 0 Å². The van der Waals surface area contributed by atoms with E-state index in [2.05, 4.69) is 10.1 Å². The number of nitrogens with two attached hydrogens (primary N) is 1. The molecule has 0 bridgehead atoms. The summed E-state index contributed by atoms with van der Waals surface area (Å²) in [7, 11) is 3.20. The van der Waals surface area contributed by atoms with Crippen molar-refractivity contribution in [3.63, 3.8) is 0 Å². The Morgan fingerprint density at radius 3 is 2.52 bits per heavy atom. The minimum absolute atomic E-state index is 0.0256. The van der Waals surface area contributed by atoms with Crippen molar-refractivity contribution >= 4 is 22.6 Å². The minimum atomic E-state index is -0.671. The summed E-state index contributed by atoms with van der Waals surface area (Å²) in [6, 6.07) is 9.01. The zero-order valence-corrected chi connectivity index (χ0v) is 18.0. The summed E-state index contributed by atoms with van der Waals surface area (Å²) in [6.45, 7) is 0. The number of amides is 1. The van der Waals surface area contributed by atoms with Crippen molar-refractivity contribution in [1.82, 2.24) is 14.8 Å². The van der Waals surface area contributed by atoms with E-state index >= 15 is 0 Å². The molecule has 0 radical (unpaired) electrons. The highest BCUT2D eigenvalue weighted by Crippen LogP contribution is 2.34. The molecule has 0 aliphatic carbocycles. The molecular weight excluding hydrogens is 427 g/mol. The van der Waals surface area contributed by atoms with E-state index in [0.29, 0.717) is 22.2 Å². The van der Waals surface area contributed by atoms with Crippen LogP contribution in [0.3, 0.4) is 0 Å². The van der Waals surface area contributed by atoms with Crippen LogP contribution in [0.4, 0.5) is 4.39 Å². The molecule has 4 rings (SSSR count). The Morgan fingerprint density at radius 2 is 1.85 bits per heavy atom.